The van der Waals surface area contributed by atoms with Crippen LogP contribution in [0.4, 0.5) is 4.39 Å². The minimum Gasteiger partial charge on any atom is -0.375 e. The second-order valence-corrected chi connectivity index (χ2v) is 6.39. The summed E-state index contributed by atoms with van der Waals surface area (Å²) in [6, 6.07) is 5.12. The number of rotatable bonds is 5. The van der Waals surface area contributed by atoms with Crippen LogP contribution in [0.3, 0.4) is 0 Å². The summed E-state index contributed by atoms with van der Waals surface area (Å²) in [5.41, 5.74) is 0.950. The molecule has 1 heterocycles. The van der Waals surface area contributed by atoms with E-state index in [9.17, 15) is 4.39 Å². The maximum absolute atomic E-state index is 13.1. The van der Waals surface area contributed by atoms with Gasteiger partial charge in [-0.25, -0.2) is 4.39 Å². The van der Waals surface area contributed by atoms with Crippen molar-refractivity contribution in [3.05, 3.63) is 34.6 Å². The molecule has 1 N–H and O–H groups in total. The topological polar surface area (TPSA) is 21.3 Å². The fourth-order valence-corrected chi connectivity index (χ4v) is 3.54. The van der Waals surface area contributed by atoms with E-state index in [2.05, 4.69) is 26.1 Å². The minimum absolute atomic E-state index is 0.00221. The Morgan fingerprint density at radius 1 is 1.43 bits per heavy atom. The van der Waals surface area contributed by atoms with Crippen molar-refractivity contribution >= 4 is 11.6 Å². The van der Waals surface area contributed by atoms with Crippen molar-refractivity contribution in [1.29, 1.82) is 0 Å². The number of halogens is 2. The van der Waals surface area contributed by atoms with Crippen molar-refractivity contribution in [2.75, 3.05) is 6.61 Å². The molecule has 21 heavy (non-hydrogen) atoms. The smallest absolute Gasteiger partial charge is 0.124 e. The molecule has 118 valence electrons. The summed E-state index contributed by atoms with van der Waals surface area (Å²) in [6.07, 6.45) is 4.09. The van der Waals surface area contributed by atoms with E-state index in [1.54, 1.807) is 6.07 Å². The number of hydrogen-bond acceptors (Lipinski definition) is 2. The van der Waals surface area contributed by atoms with Crippen molar-refractivity contribution in [2.24, 2.45) is 0 Å². The highest BCUT2D eigenvalue weighted by Crippen LogP contribution is 2.33. The first-order valence-corrected chi connectivity index (χ1v) is 8.22. The molecule has 2 nitrogen and oxygen atoms in total. The minimum atomic E-state index is -0.294. The van der Waals surface area contributed by atoms with Crippen LogP contribution in [-0.4, -0.2) is 18.2 Å². The Kier molecular flexibility index (Phi) is 5.64. The van der Waals surface area contributed by atoms with Crippen LogP contribution in [-0.2, 0) is 4.74 Å². The predicted octanol–water partition coefficient (Wildman–Crippen LogP) is 4.87. The van der Waals surface area contributed by atoms with E-state index in [-0.39, 0.29) is 17.5 Å². The van der Waals surface area contributed by atoms with Crippen LogP contribution in [0, 0.1) is 5.82 Å². The van der Waals surface area contributed by atoms with E-state index in [0.717, 1.165) is 37.9 Å². The highest BCUT2D eigenvalue weighted by molar-refractivity contribution is 6.31. The second kappa shape index (κ2) is 7.08. The van der Waals surface area contributed by atoms with Gasteiger partial charge in [0, 0.05) is 23.7 Å². The van der Waals surface area contributed by atoms with E-state index in [0.29, 0.717) is 11.1 Å². The number of ether oxygens (including phenoxy) is 1. The van der Waals surface area contributed by atoms with Crippen LogP contribution in [0.25, 0.3) is 0 Å². The Balaban J connectivity index is 2.03. The van der Waals surface area contributed by atoms with E-state index in [1.165, 1.54) is 12.1 Å². The van der Waals surface area contributed by atoms with Gasteiger partial charge in [0.1, 0.15) is 5.82 Å². The zero-order valence-corrected chi connectivity index (χ0v) is 13.8. The summed E-state index contributed by atoms with van der Waals surface area (Å²) in [5, 5.41) is 4.12. The van der Waals surface area contributed by atoms with Crippen LogP contribution >= 0.6 is 11.6 Å². The summed E-state index contributed by atoms with van der Waals surface area (Å²) in [6.45, 7) is 7.25. The number of hydrogen-bond donors (Lipinski definition) is 1. The highest BCUT2D eigenvalue weighted by Gasteiger charge is 2.34. The molecular formula is C17H25ClFNO. The quantitative estimate of drug-likeness (QED) is 0.837. The first kappa shape index (κ1) is 16.7. The average Bonchev–Trinajstić information content (AvgIpc) is 2.47. The standard InChI is InChI=1S/C17H25ClFNO/c1-4-17(5-2)11-14(8-9-21-17)20-12(3)15-7-6-13(19)10-16(15)18/h6-7,10,12,14,20H,4-5,8-9,11H2,1-3H3. The average molecular weight is 314 g/mol. The van der Waals surface area contributed by atoms with E-state index >= 15 is 0 Å². The molecule has 0 aromatic heterocycles. The number of benzene rings is 1. The Bertz CT molecular complexity index is 476. The molecule has 0 spiro atoms. The molecule has 1 saturated heterocycles. The monoisotopic (exact) mass is 313 g/mol. The lowest BCUT2D eigenvalue weighted by molar-refractivity contribution is -0.0939. The van der Waals surface area contributed by atoms with Gasteiger partial charge in [-0.15, -0.1) is 0 Å². The van der Waals surface area contributed by atoms with Crippen LogP contribution in [0.15, 0.2) is 18.2 Å². The van der Waals surface area contributed by atoms with E-state index in [1.807, 2.05) is 0 Å². The Hall–Kier alpha value is -0.640. The molecule has 0 saturated carbocycles. The summed E-state index contributed by atoms with van der Waals surface area (Å²) < 4.78 is 19.1. The molecule has 1 aromatic carbocycles. The SMILES string of the molecule is CCC1(CC)CC(NC(C)c2ccc(F)cc2Cl)CCO1. The van der Waals surface area contributed by atoms with Crippen molar-refractivity contribution < 1.29 is 9.13 Å². The molecule has 0 bridgehead atoms. The zero-order valence-electron chi connectivity index (χ0n) is 13.1. The van der Waals surface area contributed by atoms with Crippen LogP contribution in [0.5, 0.6) is 0 Å². The first-order valence-electron chi connectivity index (χ1n) is 7.84. The van der Waals surface area contributed by atoms with Gasteiger partial charge >= 0.3 is 0 Å². The zero-order chi connectivity index (χ0) is 15.5. The third-order valence-electron chi connectivity index (χ3n) is 4.70. The Labute approximate surface area is 132 Å². The lowest BCUT2D eigenvalue weighted by Gasteiger charge is -2.41. The van der Waals surface area contributed by atoms with Gasteiger partial charge in [0.25, 0.3) is 0 Å². The van der Waals surface area contributed by atoms with Gasteiger partial charge in [-0.05, 0) is 50.3 Å². The van der Waals surface area contributed by atoms with Crippen LogP contribution in [0.1, 0.15) is 58.1 Å². The van der Waals surface area contributed by atoms with Gasteiger partial charge in [-0.3, -0.25) is 0 Å². The summed E-state index contributed by atoms with van der Waals surface area (Å²) in [5.74, 6) is -0.294. The molecule has 1 aliphatic rings. The van der Waals surface area contributed by atoms with Crippen molar-refractivity contribution in [2.45, 2.75) is 64.1 Å². The maximum Gasteiger partial charge on any atom is 0.124 e. The van der Waals surface area contributed by atoms with Gasteiger partial charge in [-0.2, -0.15) is 0 Å². The lowest BCUT2D eigenvalue weighted by Crippen LogP contribution is -2.47. The van der Waals surface area contributed by atoms with Crippen LogP contribution in [0.2, 0.25) is 5.02 Å². The van der Waals surface area contributed by atoms with Crippen LogP contribution < -0.4 is 5.32 Å². The molecule has 1 fully saturated rings. The summed E-state index contributed by atoms with van der Waals surface area (Å²) >= 11 is 6.15. The fraction of sp³-hybridized carbons (Fsp3) is 0.647. The second-order valence-electron chi connectivity index (χ2n) is 5.98. The molecular weight excluding hydrogens is 289 g/mol. The van der Waals surface area contributed by atoms with Gasteiger partial charge in [-0.1, -0.05) is 31.5 Å². The number of nitrogens with one attached hydrogen (secondary N) is 1. The highest BCUT2D eigenvalue weighted by atomic mass is 35.5. The van der Waals surface area contributed by atoms with Gasteiger partial charge in [0.05, 0.1) is 5.60 Å². The van der Waals surface area contributed by atoms with Crippen molar-refractivity contribution in [3.63, 3.8) is 0 Å². The molecule has 2 rings (SSSR count). The Morgan fingerprint density at radius 3 is 2.76 bits per heavy atom. The predicted molar refractivity (Wildman–Crippen MR) is 85.2 cm³/mol. The fourth-order valence-electron chi connectivity index (χ4n) is 3.21. The maximum atomic E-state index is 13.1. The van der Waals surface area contributed by atoms with E-state index < -0.39 is 0 Å². The molecule has 1 aromatic rings. The molecule has 4 heteroatoms. The molecule has 2 unspecified atom stereocenters. The molecule has 1 aliphatic heterocycles. The molecule has 0 aliphatic carbocycles. The largest absolute Gasteiger partial charge is 0.375 e. The molecule has 0 amide bonds. The van der Waals surface area contributed by atoms with E-state index in [4.69, 9.17) is 16.3 Å². The van der Waals surface area contributed by atoms with Gasteiger partial charge < -0.3 is 10.1 Å². The molecule has 0 radical (unpaired) electrons. The van der Waals surface area contributed by atoms with Crippen molar-refractivity contribution in [1.82, 2.24) is 5.32 Å². The Morgan fingerprint density at radius 2 is 2.14 bits per heavy atom. The lowest BCUT2D eigenvalue weighted by atomic mass is 9.85. The third kappa shape index (κ3) is 3.97. The first-order chi connectivity index (χ1) is 9.99. The normalized spacial score (nSPS) is 23.0. The third-order valence-corrected chi connectivity index (χ3v) is 5.02. The van der Waals surface area contributed by atoms with Gasteiger partial charge in [0.15, 0.2) is 0 Å². The summed E-state index contributed by atoms with van der Waals surface area (Å²) in [4.78, 5) is 0. The van der Waals surface area contributed by atoms with Gasteiger partial charge in [0.2, 0.25) is 0 Å². The summed E-state index contributed by atoms with van der Waals surface area (Å²) in [7, 11) is 0. The van der Waals surface area contributed by atoms with Crippen molar-refractivity contribution in [3.8, 4) is 0 Å². The molecule has 2 atom stereocenters.